The average molecular weight is 198 g/mol. The predicted octanol–water partition coefficient (Wildman–Crippen LogP) is 3.56. The van der Waals surface area contributed by atoms with Crippen LogP contribution in [0.1, 0.15) is 34.6 Å². The first-order valence-corrected chi connectivity index (χ1v) is 4.11. The van der Waals surface area contributed by atoms with Gasteiger partial charge in [0.05, 0.1) is 0 Å². The fourth-order valence-corrected chi connectivity index (χ4v) is 1.16. The van der Waals surface area contributed by atoms with Crippen molar-refractivity contribution in [3.63, 3.8) is 0 Å². The maximum absolute atomic E-state index is 3.36. The molecule has 1 rings (SSSR count). The standard InChI is InChI=1S/C9H13.C2H5.Ti/c1-6-5-7(2)9(4)8(6)3;1-2;/h6H,1-4H3;1H2,2H3;/q2*-1;+2. The van der Waals surface area contributed by atoms with Crippen LogP contribution in [0.25, 0.3) is 0 Å². The molecule has 0 amide bonds. The van der Waals surface area contributed by atoms with E-state index >= 15 is 0 Å². The van der Waals surface area contributed by atoms with Gasteiger partial charge in [0.15, 0.2) is 0 Å². The Morgan fingerprint density at radius 1 is 1.17 bits per heavy atom. The van der Waals surface area contributed by atoms with Crippen molar-refractivity contribution in [2.75, 3.05) is 0 Å². The van der Waals surface area contributed by atoms with Crippen LogP contribution in [-0.2, 0) is 21.7 Å². The van der Waals surface area contributed by atoms with Crippen molar-refractivity contribution in [3.05, 3.63) is 29.7 Å². The smallest absolute Gasteiger partial charge is 0.346 e. The van der Waals surface area contributed by atoms with Crippen LogP contribution in [0.2, 0.25) is 0 Å². The Kier molecular flexibility index (Phi) is 8.19. The second-order valence-electron chi connectivity index (χ2n) is 2.80. The van der Waals surface area contributed by atoms with Gasteiger partial charge in [-0.3, -0.25) is 6.08 Å². The van der Waals surface area contributed by atoms with Crippen LogP contribution >= 0.6 is 0 Å². The van der Waals surface area contributed by atoms with Gasteiger partial charge < -0.3 is 6.92 Å². The van der Waals surface area contributed by atoms with E-state index in [2.05, 4.69) is 40.7 Å². The van der Waals surface area contributed by atoms with Crippen molar-refractivity contribution >= 4 is 0 Å². The Balaban J connectivity index is 0. The quantitative estimate of drug-likeness (QED) is 0.412. The van der Waals surface area contributed by atoms with E-state index in [9.17, 15) is 0 Å². The van der Waals surface area contributed by atoms with Gasteiger partial charge in [-0.25, -0.2) is 5.57 Å². The molecule has 0 nitrogen and oxygen atoms in total. The van der Waals surface area contributed by atoms with Gasteiger partial charge in [0.1, 0.15) is 0 Å². The minimum Gasteiger partial charge on any atom is -0.346 e. The molecule has 0 saturated heterocycles. The summed E-state index contributed by atoms with van der Waals surface area (Å²) in [4.78, 5) is 0. The molecular weight excluding hydrogens is 180 g/mol. The topological polar surface area (TPSA) is 0 Å². The van der Waals surface area contributed by atoms with Crippen LogP contribution < -0.4 is 0 Å². The molecule has 0 radical (unpaired) electrons. The summed E-state index contributed by atoms with van der Waals surface area (Å²) >= 11 is 0. The minimum atomic E-state index is 0. The summed E-state index contributed by atoms with van der Waals surface area (Å²) in [6.07, 6.45) is 3.36. The van der Waals surface area contributed by atoms with Crippen LogP contribution in [0.4, 0.5) is 0 Å². The zero-order valence-electron chi connectivity index (χ0n) is 8.78. The van der Waals surface area contributed by atoms with Gasteiger partial charge in [-0.1, -0.05) is 26.7 Å². The maximum atomic E-state index is 3.36. The molecule has 12 heavy (non-hydrogen) atoms. The second-order valence-corrected chi connectivity index (χ2v) is 2.80. The van der Waals surface area contributed by atoms with Gasteiger partial charge in [0.2, 0.25) is 0 Å². The molecule has 0 bridgehead atoms. The SMILES string of the molecule is CC1=[C-]C(C)C(C)=C1C.[CH2-]C.[Ti+2]. The fraction of sp³-hybridized carbons (Fsp3) is 0.545. The first-order valence-electron chi connectivity index (χ1n) is 4.11. The van der Waals surface area contributed by atoms with E-state index in [1.165, 1.54) is 16.7 Å². The monoisotopic (exact) mass is 198 g/mol. The third-order valence-electron chi connectivity index (χ3n) is 2.24. The zero-order chi connectivity index (χ0) is 9.02. The summed E-state index contributed by atoms with van der Waals surface area (Å²) in [5, 5.41) is 0. The van der Waals surface area contributed by atoms with Crippen LogP contribution in [0, 0.1) is 18.9 Å². The van der Waals surface area contributed by atoms with Gasteiger partial charge in [0.25, 0.3) is 0 Å². The van der Waals surface area contributed by atoms with Crippen molar-refractivity contribution < 1.29 is 21.7 Å². The summed E-state index contributed by atoms with van der Waals surface area (Å²) < 4.78 is 0. The molecule has 66 valence electrons. The summed E-state index contributed by atoms with van der Waals surface area (Å²) in [6, 6.07) is 0. The number of hydrogen-bond donors (Lipinski definition) is 0. The summed E-state index contributed by atoms with van der Waals surface area (Å²) in [6.45, 7) is 13.7. The summed E-state index contributed by atoms with van der Waals surface area (Å²) in [7, 11) is 0. The third-order valence-corrected chi connectivity index (χ3v) is 2.24. The largest absolute Gasteiger partial charge is 2.00 e. The van der Waals surface area contributed by atoms with Crippen molar-refractivity contribution in [1.82, 2.24) is 0 Å². The van der Waals surface area contributed by atoms with E-state index in [0.29, 0.717) is 5.92 Å². The molecular formula is C11H18Ti. The molecule has 0 aliphatic heterocycles. The average Bonchev–Trinajstić information content (AvgIpc) is 2.22. The number of rotatable bonds is 0. The molecule has 1 aliphatic carbocycles. The van der Waals surface area contributed by atoms with E-state index in [1.807, 2.05) is 0 Å². The van der Waals surface area contributed by atoms with Gasteiger partial charge in [0, 0.05) is 0 Å². The fourth-order valence-electron chi connectivity index (χ4n) is 1.16. The van der Waals surface area contributed by atoms with Gasteiger partial charge in [-0.2, -0.15) is 18.1 Å². The Hall–Kier alpha value is 0.194. The molecule has 0 aromatic heterocycles. The maximum Gasteiger partial charge on any atom is 2.00 e. The summed E-state index contributed by atoms with van der Waals surface area (Å²) in [5.74, 6) is 0.560. The van der Waals surface area contributed by atoms with E-state index in [4.69, 9.17) is 0 Å². The molecule has 0 N–H and O–H groups in total. The molecule has 0 aromatic carbocycles. The molecule has 1 unspecified atom stereocenters. The molecule has 0 aromatic rings. The van der Waals surface area contributed by atoms with Crippen LogP contribution in [-0.4, -0.2) is 0 Å². The van der Waals surface area contributed by atoms with Crippen molar-refractivity contribution in [1.29, 1.82) is 0 Å². The van der Waals surface area contributed by atoms with Crippen LogP contribution in [0.3, 0.4) is 0 Å². The normalized spacial score (nSPS) is 20.8. The third kappa shape index (κ3) is 3.29. The van der Waals surface area contributed by atoms with E-state index in [0.717, 1.165) is 0 Å². The van der Waals surface area contributed by atoms with Crippen molar-refractivity contribution in [2.24, 2.45) is 5.92 Å². The van der Waals surface area contributed by atoms with Gasteiger partial charge in [-0.05, 0) is 0 Å². The van der Waals surface area contributed by atoms with Gasteiger partial charge in [-0.15, -0.1) is 6.92 Å². The molecule has 1 atom stereocenters. The van der Waals surface area contributed by atoms with E-state index in [-0.39, 0.29) is 21.7 Å². The van der Waals surface area contributed by atoms with Gasteiger partial charge >= 0.3 is 21.7 Å². The van der Waals surface area contributed by atoms with Crippen LogP contribution in [0.5, 0.6) is 0 Å². The predicted molar refractivity (Wildman–Crippen MR) is 51.0 cm³/mol. The molecule has 0 saturated carbocycles. The summed E-state index contributed by atoms with van der Waals surface area (Å²) in [5.41, 5.74) is 4.25. The van der Waals surface area contributed by atoms with E-state index in [1.54, 1.807) is 6.92 Å². The Morgan fingerprint density at radius 3 is 1.67 bits per heavy atom. The molecule has 0 heterocycles. The first kappa shape index (κ1) is 14.7. The Bertz CT molecular complexity index is 187. The van der Waals surface area contributed by atoms with Crippen molar-refractivity contribution in [3.8, 4) is 0 Å². The molecule has 0 spiro atoms. The molecule has 1 aliphatic rings. The van der Waals surface area contributed by atoms with Crippen molar-refractivity contribution in [2.45, 2.75) is 34.6 Å². The van der Waals surface area contributed by atoms with Crippen LogP contribution in [0.15, 0.2) is 16.7 Å². The molecule has 0 fully saturated rings. The molecule has 1 heteroatoms. The number of allylic oxidation sites excluding steroid dienone is 4. The zero-order valence-corrected chi connectivity index (χ0v) is 10.3. The Morgan fingerprint density at radius 2 is 1.58 bits per heavy atom. The van der Waals surface area contributed by atoms with E-state index < -0.39 is 0 Å². The second kappa shape index (κ2) is 6.68. The minimum absolute atomic E-state index is 0. The number of hydrogen-bond acceptors (Lipinski definition) is 0. The first-order chi connectivity index (χ1) is 5.13. The Labute approximate surface area is 92.0 Å².